The van der Waals surface area contributed by atoms with Gasteiger partial charge in [-0.1, -0.05) is 194 Å². The van der Waals surface area contributed by atoms with Crippen molar-refractivity contribution in [3.8, 4) is 0 Å². The Kier molecular flexibility index (Phi) is 50.3. The average molecular weight is 793 g/mol. The van der Waals surface area contributed by atoms with Gasteiger partial charge in [-0.15, -0.1) is 0 Å². The number of carboxylic acids is 2. The molecule has 0 bridgehead atoms. The van der Waals surface area contributed by atoms with Gasteiger partial charge in [-0.05, 0) is 12.8 Å². The van der Waals surface area contributed by atoms with Gasteiger partial charge >= 0.3 is 71.1 Å². The summed E-state index contributed by atoms with van der Waals surface area (Å²) in [6.45, 7) is 4.55. The van der Waals surface area contributed by atoms with Crippen molar-refractivity contribution in [2.75, 3.05) is 0 Å². The molecule has 302 valence electrons. The third-order valence-electron chi connectivity index (χ3n) is 9.17. The summed E-state index contributed by atoms with van der Waals surface area (Å²) in [5.41, 5.74) is 0. The molecule has 1 unspecified atom stereocenters. The molecule has 0 spiro atoms. The second kappa shape index (κ2) is 44.7. The van der Waals surface area contributed by atoms with E-state index in [4.69, 9.17) is 9.29 Å². The number of carboxylic acid groups (broad SMARTS) is 2. The van der Waals surface area contributed by atoms with Crippen molar-refractivity contribution in [2.24, 2.45) is 0 Å². The Balaban J connectivity index is -0.000000731. The monoisotopic (exact) mass is 792 g/mol. The quantitative estimate of drug-likeness (QED) is 0.0326. The standard InChI is InChI=1S/C36H70O3.C4H6O7S.2Na/c1-3-5-7-9-11-13-15-17-19-21-23-25-27-29-31-33-35(37)39-36(38)34-32-30-28-26-24-22-20-18-16-14-12-10-8-6-4-2;5-3(6)1-2(4(7)8)12(9,10)11;;/h3-34H2,1-2H3;2H,1H2,(H,5,6)(H,7,8)(H,9,10,11);;/q;;2*+1/p-2. The Morgan fingerprint density at radius 1 is 0.472 bits per heavy atom. The largest absolute Gasteiger partial charge is 1.00 e. The molecule has 0 rings (SSSR count). The zero-order valence-corrected chi connectivity index (χ0v) is 39.3. The van der Waals surface area contributed by atoms with Gasteiger partial charge in [-0.3, -0.25) is 14.1 Å². The molecule has 53 heavy (non-hydrogen) atoms. The maximum absolute atomic E-state index is 11.9. The number of hydrogen-bond acceptors (Lipinski definition) is 9. The van der Waals surface area contributed by atoms with Crippen molar-refractivity contribution < 1.29 is 106 Å². The van der Waals surface area contributed by atoms with E-state index < -0.39 is 33.7 Å². The van der Waals surface area contributed by atoms with Crippen LogP contribution in [0.4, 0.5) is 0 Å². The zero-order valence-electron chi connectivity index (χ0n) is 34.4. The molecule has 10 nitrogen and oxygen atoms in total. The number of esters is 2. The maximum atomic E-state index is 11.9. The maximum Gasteiger partial charge on any atom is 1.00 e. The Morgan fingerprint density at radius 3 is 0.868 bits per heavy atom. The first-order valence-corrected chi connectivity index (χ1v) is 22.1. The van der Waals surface area contributed by atoms with Crippen LogP contribution in [0.1, 0.15) is 226 Å². The van der Waals surface area contributed by atoms with E-state index in [0.29, 0.717) is 12.8 Å². The van der Waals surface area contributed by atoms with Crippen LogP contribution in [0, 0.1) is 0 Å². The van der Waals surface area contributed by atoms with Gasteiger partial charge < -0.3 is 24.5 Å². The molecule has 1 atom stereocenters. The van der Waals surface area contributed by atoms with Gasteiger partial charge in [0.1, 0.15) is 5.25 Å². The van der Waals surface area contributed by atoms with Gasteiger partial charge in [0.25, 0.3) is 10.1 Å². The zero-order chi connectivity index (χ0) is 38.4. The first-order chi connectivity index (χ1) is 24.4. The fourth-order valence-electron chi connectivity index (χ4n) is 5.97. The van der Waals surface area contributed by atoms with Crippen molar-refractivity contribution in [1.82, 2.24) is 0 Å². The van der Waals surface area contributed by atoms with Gasteiger partial charge in [0.2, 0.25) is 0 Å². The molecule has 0 aromatic carbocycles. The third-order valence-corrected chi connectivity index (χ3v) is 10.2. The number of unbranched alkanes of at least 4 members (excludes halogenated alkanes) is 28. The van der Waals surface area contributed by atoms with Crippen LogP contribution < -0.4 is 69.3 Å². The molecule has 0 fully saturated rings. The van der Waals surface area contributed by atoms with Gasteiger partial charge in [0.05, 0.1) is 5.97 Å². The predicted octanol–water partition coefficient (Wildman–Crippen LogP) is 2.72. The fraction of sp³-hybridized carbons (Fsp3) is 0.900. The molecule has 0 heterocycles. The van der Waals surface area contributed by atoms with Gasteiger partial charge in [0.15, 0.2) is 0 Å². The summed E-state index contributed by atoms with van der Waals surface area (Å²) in [6, 6.07) is 0. The molecule has 0 aliphatic heterocycles. The SMILES string of the molecule is CCCCCCCCCCCCCCCCCC(=O)OC(=O)CCCCCCCCCCCCCCCCC.O=C([O-])CC(C(=O)[O-])S(=O)(=O)O.[Na+].[Na+]. The molecule has 0 aromatic rings. The Labute approximate surface area is 368 Å². The average Bonchev–Trinajstić information content (AvgIpc) is 3.06. The van der Waals surface area contributed by atoms with Crippen molar-refractivity contribution in [1.29, 1.82) is 0 Å². The van der Waals surface area contributed by atoms with Crippen molar-refractivity contribution >= 4 is 34.0 Å². The first kappa shape index (κ1) is 59.7. The second-order valence-electron chi connectivity index (χ2n) is 14.1. The van der Waals surface area contributed by atoms with Crippen LogP contribution in [0.15, 0.2) is 0 Å². The smallest absolute Gasteiger partial charge is 0.550 e. The van der Waals surface area contributed by atoms with E-state index in [0.717, 1.165) is 25.7 Å². The Bertz CT molecular complexity index is 919. The summed E-state index contributed by atoms with van der Waals surface area (Å²) in [6.07, 6.45) is 38.8. The third kappa shape index (κ3) is 48.1. The van der Waals surface area contributed by atoms with E-state index in [1.807, 2.05) is 0 Å². The minimum Gasteiger partial charge on any atom is -0.550 e. The molecule has 0 radical (unpaired) electrons. The Hall–Kier alpha value is -0.01000. The van der Waals surface area contributed by atoms with E-state index in [-0.39, 0.29) is 71.1 Å². The number of carbonyl (C=O) groups is 4. The summed E-state index contributed by atoms with van der Waals surface area (Å²) in [7, 11) is -4.94. The summed E-state index contributed by atoms with van der Waals surface area (Å²) in [5, 5.41) is 17.3. The predicted molar refractivity (Wildman–Crippen MR) is 200 cm³/mol. The second-order valence-corrected chi connectivity index (χ2v) is 15.7. The number of rotatable bonds is 36. The number of hydrogen-bond donors (Lipinski definition) is 1. The van der Waals surface area contributed by atoms with E-state index in [1.165, 1.54) is 167 Å². The summed E-state index contributed by atoms with van der Waals surface area (Å²) >= 11 is 0. The van der Waals surface area contributed by atoms with Crippen LogP contribution >= 0.6 is 0 Å². The molecule has 0 saturated heterocycles. The van der Waals surface area contributed by atoms with Crippen LogP contribution in [0.5, 0.6) is 0 Å². The molecule has 0 amide bonds. The summed E-state index contributed by atoms with van der Waals surface area (Å²) in [5.74, 6) is -4.73. The topological polar surface area (TPSA) is 178 Å². The molecule has 0 saturated carbocycles. The van der Waals surface area contributed by atoms with Gasteiger partial charge in [0, 0.05) is 25.2 Å². The molecule has 1 N–H and O–H groups in total. The number of carbonyl (C=O) groups excluding carboxylic acids is 4. The number of aliphatic carboxylic acids is 2. The molecular weight excluding hydrogens is 718 g/mol. The van der Waals surface area contributed by atoms with Crippen molar-refractivity contribution in [3.63, 3.8) is 0 Å². The van der Waals surface area contributed by atoms with Crippen molar-refractivity contribution in [3.05, 3.63) is 0 Å². The Morgan fingerprint density at radius 2 is 0.698 bits per heavy atom. The molecular formula is C40H74Na2O10S. The van der Waals surface area contributed by atoms with Crippen molar-refractivity contribution in [2.45, 2.75) is 231 Å². The summed E-state index contributed by atoms with van der Waals surface area (Å²) in [4.78, 5) is 43.5. The normalized spacial score (nSPS) is 11.4. The van der Waals surface area contributed by atoms with E-state index in [1.54, 1.807) is 0 Å². The molecule has 0 aromatic heterocycles. The molecule has 0 aliphatic carbocycles. The first-order valence-electron chi connectivity index (χ1n) is 20.6. The number of ether oxygens (including phenoxy) is 1. The van der Waals surface area contributed by atoms with Crippen LogP contribution in [0.3, 0.4) is 0 Å². The molecule has 0 aliphatic rings. The minimum absolute atomic E-state index is 0. The van der Waals surface area contributed by atoms with Gasteiger partial charge in [-0.25, -0.2) is 0 Å². The van der Waals surface area contributed by atoms with E-state index in [9.17, 15) is 37.8 Å². The van der Waals surface area contributed by atoms with Crippen LogP contribution in [0.2, 0.25) is 0 Å². The van der Waals surface area contributed by atoms with E-state index in [2.05, 4.69) is 13.8 Å². The van der Waals surface area contributed by atoms with Crippen LogP contribution in [-0.4, -0.2) is 42.1 Å². The molecule has 13 heteroatoms. The fourth-order valence-corrected chi connectivity index (χ4v) is 6.56. The van der Waals surface area contributed by atoms with Crippen LogP contribution in [0.25, 0.3) is 0 Å². The summed E-state index contributed by atoms with van der Waals surface area (Å²) < 4.78 is 33.5. The minimum atomic E-state index is -4.94. The van der Waals surface area contributed by atoms with E-state index >= 15 is 0 Å². The van der Waals surface area contributed by atoms with Crippen LogP contribution in [-0.2, 0) is 34.0 Å². The van der Waals surface area contributed by atoms with Gasteiger partial charge in [-0.2, -0.15) is 8.42 Å².